The van der Waals surface area contributed by atoms with Crippen LogP contribution in [0.5, 0.6) is 0 Å². The van der Waals surface area contributed by atoms with Crippen LogP contribution in [0.25, 0.3) is 0 Å². The van der Waals surface area contributed by atoms with Gasteiger partial charge in [0.05, 0.1) is 24.5 Å². The fourth-order valence-electron chi connectivity index (χ4n) is 2.31. The number of nitrogens with one attached hydrogen (secondary N) is 2. The third-order valence-electron chi connectivity index (χ3n) is 3.37. The number of aromatic nitrogens is 4. The van der Waals surface area contributed by atoms with Gasteiger partial charge in [0.2, 0.25) is 0 Å². The van der Waals surface area contributed by atoms with Crippen molar-refractivity contribution < 1.29 is 4.79 Å². The highest BCUT2D eigenvalue weighted by Gasteiger charge is 2.17. The largest absolute Gasteiger partial charge is 0.352 e. The fourth-order valence-corrected chi connectivity index (χ4v) is 2.31. The van der Waals surface area contributed by atoms with E-state index < -0.39 is 0 Å². The van der Waals surface area contributed by atoms with Crippen LogP contribution < -0.4 is 10.6 Å². The van der Waals surface area contributed by atoms with E-state index in [2.05, 4.69) is 30.4 Å². The van der Waals surface area contributed by atoms with Crippen LogP contribution in [0.4, 0.5) is 0 Å². The molecule has 3 rings (SSSR count). The van der Waals surface area contributed by atoms with E-state index in [1.807, 2.05) is 6.20 Å². The van der Waals surface area contributed by atoms with Gasteiger partial charge < -0.3 is 15.2 Å². The molecule has 1 atom stereocenters. The first-order valence-corrected chi connectivity index (χ1v) is 6.58. The van der Waals surface area contributed by atoms with Gasteiger partial charge in [0, 0.05) is 37.9 Å². The highest BCUT2D eigenvalue weighted by molar-refractivity contribution is 5.93. The first kappa shape index (κ1) is 12.7. The summed E-state index contributed by atoms with van der Waals surface area (Å²) in [5.74, 6) is 1.26. The molecule has 0 aliphatic carbocycles. The van der Waals surface area contributed by atoms with Crippen molar-refractivity contribution in [2.75, 3.05) is 13.1 Å². The lowest BCUT2D eigenvalue weighted by molar-refractivity contribution is 0.0945. The minimum Gasteiger partial charge on any atom is -0.352 e. The Morgan fingerprint density at radius 2 is 2.40 bits per heavy atom. The Labute approximate surface area is 116 Å². The second-order valence-corrected chi connectivity index (χ2v) is 4.83. The van der Waals surface area contributed by atoms with Crippen LogP contribution in [0.1, 0.15) is 16.2 Å². The maximum atomic E-state index is 12.0. The summed E-state index contributed by atoms with van der Waals surface area (Å²) in [5, 5.41) is 13.6. The first-order chi connectivity index (χ1) is 9.83. The minimum atomic E-state index is -0.116. The molecule has 0 aromatic carbocycles. The molecule has 0 saturated heterocycles. The number of nitrogens with zero attached hydrogens (tertiary/aromatic N) is 4. The zero-order valence-corrected chi connectivity index (χ0v) is 11.0. The molecule has 2 aromatic rings. The average molecular weight is 272 g/mol. The molecule has 0 unspecified atom stereocenters. The Kier molecular flexibility index (Phi) is 3.69. The molecule has 0 spiro atoms. The molecule has 0 saturated carbocycles. The summed E-state index contributed by atoms with van der Waals surface area (Å²) >= 11 is 0. The van der Waals surface area contributed by atoms with Gasteiger partial charge in [-0.1, -0.05) is 0 Å². The zero-order chi connectivity index (χ0) is 13.8. The molecule has 3 heterocycles. The third kappa shape index (κ3) is 2.83. The Morgan fingerprint density at radius 3 is 3.25 bits per heavy atom. The summed E-state index contributed by atoms with van der Waals surface area (Å²) in [6.45, 7) is 3.10. The molecule has 1 aliphatic rings. The number of hydrogen-bond acceptors (Lipinski definition) is 5. The van der Waals surface area contributed by atoms with Gasteiger partial charge in [-0.3, -0.25) is 4.79 Å². The van der Waals surface area contributed by atoms with Crippen molar-refractivity contribution in [2.45, 2.75) is 13.1 Å². The lowest BCUT2D eigenvalue weighted by Gasteiger charge is -2.16. The van der Waals surface area contributed by atoms with Crippen molar-refractivity contribution in [2.24, 2.45) is 5.92 Å². The number of carbonyl (C=O) groups excluding carboxylic acids is 1. The fraction of sp³-hybridized carbons (Fsp3) is 0.385. The highest BCUT2D eigenvalue weighted by atomic mass is 16.1. The van der Waals surface area contributed by atoms with Crippen molar-refractivity contribution >= 4 is 5.91 Å². The van der Waals surface area contributed by atoms with Crippen LogP contribution in [0, 0.1) is 5.92 Å². The highest BCUT2D eigenvalue weighted by Crippen LogP contribution is 2.08. The van der Waals surface area contributed by atoms with Gasteiger partial charge in [0.1, 0.15) is 5.82 Å². The summed E-state index contributed by atoms with van der Waals surface area (Å²) in [7, 11) is 0. The molecule has 0 bridgehead atoms. The van der Waals surface area contributed by atoms with Crippen LogP contribution in [-0.2, 0) is 13.1 Å². The summed E-state index contributed by atoms with van der Waals surface area (Å²) in [5.41, 5.74) is 0.532. The molecule has 0 fully saturated rings. The lowest BCUT2D eigenvalue weighted by atomic mass is 10.1. The molecule has 1 aliphatic heterocycles. The van der Waals surface area contributed by atoms with Gasteiger partial charge in [-0.25, -0.2) is 4.98 Å². The Bertz CT molecular complexity index is 582. The smallest absolute Gasteiger partial charge is 0.252 e. The van der Waals surface area contributed by atoms with Crippen molar-refractivity contribution in [3.8, 4) is 0 Å². The molecule has 7 heteroatoms. The molecule has 104 valence electrons. The first-order valence-electron chi connectivity index (χ1n) is 6.58. The van der Waals surface area contributed by atoms with E-state index in [0.29, 0.717) is 18.0 Å². The molecule has 20 heavy (non-hydrogen) atoms. The Morgan fingerprint density at radius 1 is 1.45 bits per heavy atom. The molecule has 2 N–H and O–H groups in total. The summed E-state index contributed by atoms with van der Waals surface area (Å²) in [6, 6.07) is 1.65. The van der Waals surface area contributed by atoms with Gasteiger partial charge >= 0.3 is 0 Å². The van der Waals surface area contributed by atoms with Gasteiger partial charge in [-0.2, -0.15) is 10.2 Å². The predicted molar refractivity (Wildman–Crippen MR) is 71.8 cm³/mol. The number of imidazole rings is 1. The number of amides is 1. The van der Waals surface area contributed by atoms with E-state index in [4.69, 9.17) is 0 Å². The van der Waals surface area contributed by atoms with E-state index in [-0.39, 0.29) is 5.91 Å². The van der Waals surface area contributed by atoms with Crippen LogP contribution in [-0.4, -0.2) is 38.7 Å². The van der Waals surface area contributed by atoms with Crippen molar-refractivity contribution in [3.63, 3.8) is 0 Å². The normalized spacial score (nSPS) is 18.1. The second kappa shape index (κ2) is 5.79. The summed E-state index contributed by atoms with van der Waals surface area (Å²) < 4.78 is 2.13. The molecular weight excluding hydrogens is 256 g/mol. The van der Waals surface area contributed by atoms with Crippen molar-refractivity contribution in [1.82, 2.24) is 30.4 Å². The van der Waals surface area contributed by atoms with E-state index in [9.17, 15) is 4.79 Å². The number of hydrogen-bond donors (Lipinski definition) is 2. The van der Waals surface area contributed by atoms with Crippen LogP contribution in [0.3, 0.4) is 0 Å². The quantitative estimate of drug-likeness (QED) is 0.810. The third-order valence-corrected chi connectivity index (χ3v) is 3.37. The SMILES string of the molecule is O=C(NC[C@@H]1CNCc2nccn2C1)c1ccnnc1. The van der Waals surface area contributed by atoms with E-state index >= 15 is 0 Å². The summed E-state index contributed by atoms with van der Waals surface area (Å²) in [4.78, 5) is 16.2. The van der Waals surface area contributed by atoms with Crippen LogP contribution >= 0.6 is 0 Å². The molecule has 1 amide bonds. The number of carbonyl (C=O) groups is 1. The van der Waals surface area contributed by atoms with Crippen LogP contribution in [0.2, 0.25) is 0 Å². The van der Waals surface area contributed by atoms with E-state index in [1.54, 1.807) is 12.3 Å². The van der Waals surface area contributed by atoms with Gasteiger partial charge in [-0.15, -0.1) is 0 Å². The van der Waals surface area contributed by atoms with E-state index in [1.165, 1.54) is 12.4 Å². The maximum absolute atomic E-state index is 12.0. The van der Waals surface area contributed by atoms with Gasteiger partial charge in [0.15, 0.2) is 0 Å². The Hall–Kier alpha value is -2.28. The van der Waals surface area contributed by atoms with Crippen LogP contribution in [0.15, 0.2) is 30.9 Å². The number of fused-ring (bicyclic) bond motifs is 1. The molecular formula is C13H16N6O. The zero-order valence-electron chi connectivity index (χ0n) is 11.0. The maximum Gasteiger partial charge on any atom is 0.252 e. The molecule has 2 aromatic heterocycles. The Balaban J connectivity index is 1.58. The predicted octanol–water partition coefficient (Wildman–Crippen LogP) is -0.178. The van der Waals surface area contributed by atoms with E-state index in [0.717, 1.165) is 25.5 Å². The minimum absolute atomic E-state index is 0.116. The number of rotatable bonds is 3. The average Bonchev–Trinajstić information content (AvgIpc) is 2.83. The van der Waals surface area contributed by atoms with Crippen molar-refractivity contribution in [3.05, 3.63) is 42.2 Å². The molecule has 0 radical (unpaired) electrons. The van der Waals surface area contributed by atoms with Gasteiger partial charge in [0.25, 0.3) is 5.91 Å². The van der Waals surface area contributed by atoms with Gasteiger partial charge in [-0.05, 0) is 6.07 Å². The second-order valence-electron chi connectivity index (χ2n) is 4.83. The van der Waals surface area contributed by atoms with Crippen molar-refractivity contribution in [1.29, 1.82) is 0 Å². The standard InChI is InChI=1S/C13H16N6O/c20-13(11-1-2-17-18-7-11)16-6-10-5-14-8-12-15-3-4-19(12)9-10/h1-4,7,10,14H,5-6,8-9H2,(H,16,20)/t10-/m0/s1. The topological polar surface area (TPSA) is 84.7 Å². The molecule has 7 nitrogen and oxygen atoms in total. The summed E-state index contributed by atoms with van der Waals surface area (Å²) in [6.07, 6.45) is 6.76. The monoisotopic (exact) mass is 272 g/mol. The lowest BCUT2D eigenvalue weighted by Crippen LogP contribution is -2.34.